The zero-order valence-corrected chi connectivity index (χ0v) is 37.0. The van der Waals surface area contributed by atoms with Gasteiger partial charge in [-0.15, -0.1) is 0 Å². The number of amides is 4. The molecule has 15 heteroatoms. The molecule has 2 fully saturated rings. The lowest BCUT2D eigenvalue weighted by molar-refractivity contribution is -0.155. The Morgan fingerprint density at radius 1 is 1.08 bits per heavy atom. The molecule has 0 unspecified atom stereocenters. The lowest BCUT2D eigenvalue weighted by Crippen LogP contribution is -2.62. The molecule has 332 valence electrons. The Morgan fingerprint density at radius 3 is 2.58 bits per heavy atom. The Morgan fingerprint density at radius 2 is 1.85 bits per heavy atom. The number of carbonyl (C=O) groups is 4. The van der Waals surface area contributed by atoms with Gasteiger partial charge in [0.2, 0.25) is 5.91 Å². The van der Waals surface area contributed by atoms with Gasteiger partial charge in [-0.3, -0.25) is 24.4 Å². The van der Waals surface area contributed by atoms with E-state index in [2.05, 4.69) is 53.2 Å². The summed E-state index contributed by atoms with van der Waals surface area (Å²) in [4.78, 5) is 64.1. The molecule has 3 aliphatic heterocycles. The van der Waals surface area contributed by atoms with E-state index >= 15 is 0 Å². The van der Waals surface area contributed by atoms with Gasteiger partial charge in [0.05, 0.1) is 32.1 Å². The number of fused-ring (bicyclic) bond motifs is 6. The van der Waals surface area contributed by atoms with Crippen LogP contribution in [-0.2, 0) is 54.6 Å². The molecule has 2 saturated heterocycles. The second-order valence-electron chi connectivity index (χ2n) is 17.9. The lowest BCUT2D eigenvalue weighted by Gasteiger charge is -2.38. The van der Waals surface area contributed by atoms with Gasteiger partial charge in [-0.1, -0.05) is 39.8 Å². The fraction of sp³-hybridized carbons (Fsp3) is 0.511. The number of ether oxygens (including phenoxy) is 3. The van der Waals surface area contributed by atoms with Gasteiger partial charge < -0.3 is 39.0 Å². The summed E-state index contributed by atoms with van der Waals surface area (Å²) in [5, 5.41) is 16.7. The largest absolute Gasteiger partial charge is 0.508 e. The number of rotatable bonds is 8. The molecule has 0 aliphatic carbocycles. The molecule has 0 spiro atoms. The van der Waals surface area contributed by atoms with E-state index < -0.39 is 41.3 Å². The van der Waals surface area contributed by atoms with Crippen LogP contribution in [0.3, 0.4) is 0 Å². The number of aromatic hydroxyl groups is 1. The maximum absolute atomic E-state index is 14.6. The fourth-order valence-electron chi connectivity index (χ4n) is 9.21. The highest BCUT2D eigenvalue weighted by Crippen LogP contribution is 2.41. The number of carbonyl (C=O) groups excluding carboxylic acids is 4. The minimum absolute atomic E-state index is 0.00655. The van der Waals surface area contributed by atoms with Crippen LogP contribution in [0.4, 0.5) is 4.79 Å². The zero-order chi connectivity index (χ0) is 44.3. The first-order valence-corrected chi connectivity index (χ1v) is 21.7. The Hall–Kier alpha value is -5.51. The molecule has 15 nitrogen and oxygen atoms in total. The predicted molar refractivity (Wildman–Crippen MR) is 235 cm³/mol. The normalized spacial score (nSPS) is 20.1. The van der Waals surface area contributed by atoms with Crippen molar-refractivity contribution in [3.63, 3.8) is 0 Å². The number of urea groups is 1. The molecule has 62 heavy (non-hydrogen) atoms. The van der Waals surface area contributed by atoms with E-state index in [0.717, 1.165) is 44.4 Å². The highest BCUT2D eigenvalue weighted by atomic mass is 16.5. The van der Waals surface area contributed by atoms with Crippen LogP contribution in [0.2, 0.25) is 0 Å². The van der Waals surface area contributed by atoms with Crippen molar-refractivity contribution in [1.82, 2.24) is 35.1 Å². The summed E-state index contributed by atoms with van der Waals surface area (Å²) >= 11 is 0. The van der Waals surface area contributed by atoms with E-state index in [9.17, 15) is 24.3 Å². The van der Waals surface area contributed by atoms with Crippen molar-refractivity contribution in [2.24, 2.45) is 11.3 Å². The number of aryl methyl sites for hydroxylation is 1. The van der Waals surface area contributed by atoms with Gasteiger partial charge in [0.15, 0.2) is 0 Å². The molecule has 3 N–H and O–H groups in total. The summed E-state index contributed by atoms with van der Waals surface area (Å²) < 4.78 is 19.4. The van der Waals surface area contributed by atoms with Gasteiger partial charge in [0, 0.05) is 81.0 Å². The van der Waals surface area contributed by atoms with Gasteiger partial charge >= 0.3 is 12.0 Å². The zero-order valence-electron chi connectivity index (χ0n) is 37.0. The average molecular weight is 852 g/mol. The van der Waals surface area contributed by atoms with Crippen LogP contribution in [-0.4, -0.2) is 125 Å². The maximum atomic E-state index is 14.6. The van der Waals surface area contributed by atoms with Crippen LogP contribution in [0.1, 0.15) is 64.2 Å². The summed E-state index contributed by atoms with van der Waals surface area (Å²) in [7, 11) is 3.28. The van der Waals surface area contributed by atoms with Crippen molar-refractivity contribution in [2.75, 3.05) is 53.6 Å². The number of hydrogen-bond donors (Lipinski definition) is 3. The van der Waals surface area contributed by atoms with Crippen LogP contribution in [0.25, 0.3) is 33.3 Å². The Balaban J connectivity index is 1.33. The molecular weight excluding hydrogens is 791 g/mol. The number of methoxy groups -OCH3 is 1. The van der Waals surface area contributed by atoms with Crippen LogP contribution in [0.5, 0.6) is 5.75 Å². The number of pyridine rings is 1. The van der Waals surface area contributed by atoms with Crippen LogP contribution >= 0.6 is 0 Å². The molecule has 2 aromatic heterocycles. The highest BCUT2D eigenvalue weighted by Gasteiger charge is 2.38. The number of benzene rings is 2. The molecule has 6 bridgehead atoms. The third-order valence-electron chi connectivity index (χ3n) is 12.2. The number of nitrogens with one attached hydrogen (secondary N) is 2. The van der Waals surface area contributed by atoms with Crippen molar-refractivity contribution in [3.8, 4) is 28.1 Å². The number of hydrazine groups is 1. The van der Waals surface area contributed by atoms with Gasteiger partial charge in [0.25, 0.3) is 5.91 Å². The van der Waals surface area contributed by atoms with E-state index in [1.807, 2.05) is 38.2 Å². The van der Waals surface area contributed by atoms with Crippen molar-refractivity contribution >= 4 is 34.7 Å². The Labute approximate surface area is 363 Å². The maximum Gasteiger partial charge on any atom is 0.324 e. The first kappa shape index (κ1) is 44.5. The van der Waals surface area contributed by atoms with Gasteiger partial charge in [-0.25, -0.2) is 10.2 Å². The van der Waals surface area contributed by atoms with Gasteiger partial charge in [0.1, 0.15) is 23.9 Å². The number of phenols is 1. The SMILES string of the molecule is CCn1c(-c2cnccc2COC)c2c3cc(ccc31)-c1cc(O)cc(c1)C[C@H](NC(=O)[C@H](C(C)C)N(C)C(=O)N1CCOCC1)C(=O)N1CCC[C@H](N1)C(=O)OCC(C)(C)C2. The van der Waals surface area contributed by atoms with Crippen molar-refractivity contribution < 1.29 is 38.5 Å². The lowest BCUT2D eigenvalue weighted by atomic mass is 9.84. The standard InChI is InChI=1S/C47H61N7O8/c1-8-53-40-12-11-31-24-35(40)36(42(53)37-26-48-14-13-32(37)27-60-7)25-47(4,5)28-62-45(58)38-10-9-15-54(50-38)44(57)39(22-30-20-33(31)23-34(55)21-30)49-43(56)41(29(2)3)51(6)46(59)52-16-18-61-19-17-52/h11-14,20-21,23-24,26,29,38-39,41,50,55H,8-10,15-19,22,25,27-28H2,1-7H3,(H,49,56)/t38-,39-,41-/m0/s1. The second kappa shape index (κ2) is 18.9. The van der Waals surface area contributed by atoms with E-state index in [0.29, 0.717) is 70.8 Å². The van der Waals surface area contributed by atoms with Crippen molar-refractivity contribution in [3.05, 3.63) is 71.5 Å². The van der Waals surface area contributed by atoms with Crippen molar-refractivity contribution in [1.29, 1.82) is 0 Å². The molecule has 3 atom stereocenters. The smallest absolute Gasteiger partial charge is 0.324 e. The molecule has 0 saturated carbocycles. The number of aromatic nitrogens is 2. The summed E-state index contributed by atoms with van der Waals surface area (Å²) in [6.45, 7) is 13.2. The number of likely N-dealkylation sites (N-methyl/N-ethyl adjacent to an activating group) is 1. The number of cyclic esters (lactones) is 1. The third-order valence-corrected chi connectivity index (χ3v) is 12.2. The first-order chi connectivity index (χ1) is 29.7. The Kier molecular flexibility index (Phi) is 13.5. The number of esters is 1. The summed E-state index contributed by atoms with van der Waals surface area (Å²) in [6.07, 6.45) is 5.22. The molecular formula is C47H61N7O8. The number of nitrogens with zero attached hydrogens (tertiary/aromatic N) is 5. The van der Waals surface area contributed by atoms with Crippen molar-refractivity contribution in [2.45, 2.75) is 91.6 Å². The van der Waals surface area contributed by atoms with Crippen LogP contribution in [0, 0.1) is 11.3 Å². The minimum atomic E-state index is -1.12. The molecule has 4 amide bonds. The minimum Gasteiger partial charge on any atom is -0.508 e. The van der Waals surface area contributed by atoms with E-state index in [1.165, 1.54) is 9.91 Å². The summed E-state index contributed by atoms with van der Waals surface area (Å²) in [6, 6.07) is 10.4. The Bertz CT molecular complexity index is 2300. The van der Waals surface area contributed by atoms with Gasteiger partial charge in [-0.05, 0) is 90.3 Å². The third kappa shape index (κ3) is 9.44. The second-order valence-corrected chi connectivity index (χ2v) is 17.9. The molecule has 2 aromatic carbocycles. The van der Waals surface area contributed by atoms with E-state index in [4.69, 9.17) is 14.2 Å². The molecule has 5 heterocycles. The van der Waals surface area contributed by atoms with Gasteiger partial charge in [-0.2, -0.15) is 0 Å². The summed E-state index contributed by atoms with van der Waals surface area (Å²) in [5.41, 5.74) is 9.86. The number of morpholine rings is 1. The molecule has 4 aromatic rings. The quantitative estimate of drug-likeness (QED) is 0.198. The average Bonchev–Trinajstić information content (AvgIpc) is 3.56. The highest BCUT2D eigenvalue weighted by molar-refractivity contribution is 5.96. The van der Waals surface area contributed by atoms with Crippen LogP contribution < -0.4 is 10.7 Å². The molecule has 7 rings (SSSR count). The van der Waals surface area contributed by atoms with E-state index in [-0.39, 0.29) is 30.7 Å². The number of hydrogen-bond acceptors (Lipinski definition) is 10. The summed E-state index contributed by atoms with van der Waals surface area (Å²) in [5.74, 6) is -1.69. The monoisotopic (exact) mass is 851 g/mol. The molecule has 3 aliphatic rings. The predicted octanol–water partition coefficient (Wildman–Crippen LogP) is 5.30. The first-order valence-electron chi connectivity index (χ1n) is 21.7. The fourth-order valence-corrected chi connectivity index (χ4v) is 9.21. The van der Waals surface area contributed by atoms with Crippen LogP contribution in [0.15, 0.2) is 54.9 Å². The van der Waals surface area contributed by atoms with E-state index in [1.54, 1.807) is 37.4 Å². The number of phenolic OH excluding ortho intramolecular Hbond substituents is 1. The molecule has 0 radical (unpaired) electrons. The topological polar surface area (TPSA) is 168 Å².